The molecule has 6 nitrogen and oxygen atoms in total. The van der Waals surface area contributed by atoms with Crippen LogP contribution in [0.3, 0.4) is 0 Å². The average Bonchev–Trinajstić information content (AvgIpc) is 2.58. The molecule has 0 saturated carbocycles. The van der Waals surface area contributed by atoms with Crippen LogP contribution in [0.5, 0.6) is 0 Å². The zero-order valence-electron chi connectivity index (χ0n) is 14.2. The largest absolute Gasteiger partial charge is 0.469 e. The summed E-state index contributed by atoms with van der Waals surface area (Å²) in [4.78, 5) is 27.7. The maximum Gasteiger partial charge on any atom is 0.321 e. The third-order valence-corrected chi connectivity index (χ3v) is 3.71. The normalized spacial score (nSPS) is 10.4. The van der Waals surface area contributed by atoms with Crippen molar-refractivity contribution in [1.29, 1.82) is 0 Å². The fraction of sp³-hybridized carbons (Fsp3) is 0.529. The Hall–Kier alpha value is -2.08. The van der Waals surface area contributed by atoms with Gasteiger partial charge in [0.05, 0.1) is 13.5 Å². The number of nitrogens with one attached hydrogen (secondary N) is 1. The SMILES string of the molecule is CCN(CC)CCN(CCC(=O)OC)C(=O)Nc1ccccc1. The van der Waals surface area contributed by atoms with Gasteiger partial charge in [-0.3, -0.25) is 4.79 Å². The van der Waals surface area contributed by atoms with Crippen LogP contribution in [-0.4, -0.2) is 61.6 Å². The number of ether oxygens (including phenoxy) is 1. The van der Waals surface area contributed by atoms with Gasteiger partial charge < -0.3 is 19.9 Å². The van der Waals surface area contributed by atoms with Crippen molar-refractivity contribution < 1.29 is 14.3 Å². The molecular formula is C17H27N3O3. The van der Waals surface area contributed by atoms with Crippen LogP contribution in [0.25, 0.3) is 0 Å². The van der Waals surface area contributed by atoms with Gasteiger partial charge >= 0.3 is 12.0 Å². The molecule has 0 spiro atoms. The Kier molecular flexibility index (Phi) is 8.75. The van der Waals surface area contributed by atoms with Crippen molar-refractivity contribution in [2.75, 3.05) is 45.2 Å². The van der Waals surface area contributed by atoms with E-state index in [1.165, 1.54) is 7.11 Å². The minimum absolute atomic E-state index is 0.191. The molecule has 0 saturated heterocycles. The maximum absolute atomic E-state index is 12.4. The Morgan fingerprint density at radius 2 is 1.70 bits per heavy atom. The first-order valence-corrected chi connectivity index (χ1v) is 8.00. The van der Waals surface area contributed by atoms with E-state index in [2.05, 4.69) is 28.8 Å². The first-order chi connectivity index (χ1) is 11.1. The quantitative estimate of drug-likeness (QED) is 0.710. The van der Waals surface area contributed by atoms with E-state index in [0.717, 1.165) is 25.3 Å². The van der Waals surface area contributed by atoms with Crippen molar-refractivity contribution in [2.45, 2.75) is 20.3 Å². The molecule has 0 aromatic heterocycles. The predicted molar refractivity (Wildman–Crippen MR) is 91.5 cm³/mol. The van der Waals surface area contributed by atoms with Crippen LogP contribution in [0.2, 0.25) is 0 Å². The van der Waals surface area contributed by atoms with Gasteiger partial charge in [0, 0.05) is 25.3 Å². The topological polar surface area (TPSA) is 61.9 Å². The lowest BCUT2D eigenvalue weighted by molar-refractivity contribution is -0.140. The standard InChI is InChI=1S/C17H27N3O3/c1-4-19(5-2)13-14-20(12-11-16(21)23-3)17(22)18-15-9-7-6-8-10-15/h6-10H,4-5,11-14H2,1-3H3,(H,18,22). The molecular weight excluding hydrogens is 294 g/mol. The second-order valence-electron chi connectivity index (χ2n) is 5.14. The van der Waals surface area contributed by atoms with Gasteiger partial charge in [-0.2, -0.15) is 0 Å². The summed E-state index contributed by atoms with van der Waals surface area (Å²) in [6.07, 6.45) is 0.191. The van der Waals surface area contributed by atoms with Crippen LogP contribution in [0.1, 0.15) is 20.3 Å². The number of carbonyl (C=O) groups excluding carboxylic acids is 2. The number of hydrogen-bond acceptors (Lipinski definition) is 4. The summed E-state index contributed by atoms with van der Waals surface area (Å²) >= 11 is 0. The summed E-state index contributed by atoms with van der Waals surface area (Å²) in [5.74, 6) is -0.314. The average molecular weight is 321 g/mol. The molecule has 0 radical (unpaired) electrons. The van der Waals surface area contributed by atoms with Crippen LogP contribution < -0.4 is 5.32 Å². The highest BCUT2D eigenvalue weighted by atomic mass is 16.5. The minimum atomic E-state index is -0.314. The van der Waals surface area contributed by atoms with E-state index in [9.17, 15) is 9.59 Å². The Bertz CT molecular complexity index is 475. The molecule has 128 valence electrons. The Balaban J connectivity index is 2.64. The molecule has 6 heteroatoms. The number of benzene rings is 1. The van der Waals surface area contributed by atoms with E-state index in [-0.39, 0.29) is 18.4 Å². The second kappa shape index (κ2) is 10.6. The van der Waals surface area contributed by atoms with Crippen LogP contribution >= 0.6 is 0 Å². The fourth-order valence-corrected chi connectivity index (χ4v) is 2.17. The van der Waals surface area contributed by atoms with Crippen molar-refractivity contribution >= 4 is 17.7 Å². The third kappa shape index (κ3) is 7.15. The van der Waals surface area contributed by atoms with Crippen molar-refractivity contribution in [2.24, 2.45) is 0 Å². The van der Waals surface area contributed by atoms with Gasteiger partial charge in [-0.25, -0.2) is 4.79 Å². The number of methoxy groups -OCH3 is 1. The fourth-order valence-electron chi connectivity index (χ4n) is 2.17. The molecule has 0 aliphatic heterocycles. The van der Waals surface area contributed by atoms with E-state index in [0.29, 0.717) is 13.1 Å². The molecule has 1 aromatic rings. The molecule has 1 aromatic carbocycles. The van der Waals surface area contributed by atoms with Crippen molar-refractivity contribution in [1.82, 2.24) is 9.80 Å². The molecule has 0 atom stereocenters. The zero-order chi connectivity index (χ0) is 17.1. The van der Waals surface area contributed by atoms with Gasteiger partial charge in [-0.05, 0) is 25.2 Å². The number of carbonyl (C=O) groups is 2. The molecule has 0 heterocycles. The highest BCUT2D eigenvalue weighted by molar-refractivity contribution is 5.89. The van der Waals surface area contributed by atoms with Gasteiger partial charge in [0.25, 0.3) is 0 Å². The summed E-state index contributed by atoms with van der Waals surface area (Å²) in [6, 6.07) is 9.09. The lowest BCUT2D eigenvalue weighted by Crippen LogP contribution is -2.42. The number of amides is 2. The monoisotopic (exact) mass is 321 g/mol. The summed E-state index contributed by atoms with van der Waals surface area (Å²) < 4.78 is 4.66. The molecule has 0 aliphatic carbocycles. The number of urea groups is 1. The van der Waals surface area contributed by atoms with E-state index in [4.69, 9.17) is 0 Å². The van der Waals surface area contributed by atoms with Gasteiger partial charge in [-0.1, -0.05) is 32.0 Å². The van der Waals surface area contributed by atoms with E-state index < -0.39 is 0 Å². The Morgan fingerprint density at radius 1 is 1.04 bits per heavy atom. The maximum atomic E-state index is 12.4. The lowest BCUT2D eigenvalue weighted by Gasteiger charge is -2.26. The first-order valence-electron chi connectivity index (χ1n) is 8.00. The number of nitrogens with zero attached hydrogens (tertiary/aromatic N) is 2. The van der Waals surface area contributed by atoms with E-state index in [1.54, 1.807) is 4.90 Å². The molecule has 0 unspecified atom stereocenters. The zero-order valence-corrected chi connectivity index (χ0v) is 14.2. The van der Waals surface area contributed by atoms with E-state index in [1.807, 2.05) is 30.3 Å². The van der Waals surface area contributed by atoms with Crippen LogP contribution in [0.4, 0.5) is 10.5 Å². The van der Waals surface area contributed by atoms with Crippen LogP contribution in [0, 0.1) is 0 Å². The van der Waals surface area contributed by atoms with Crippen molar-refractivity contribution in [3.8, 4) is 0 Å². The highest BCUT2D eigenvalue weighted by Gasteiger charge is 2.16. The third-order valence-electron chi connectivity index (χ3n) is 3.71. The number of rotatable bonds is 9. The smallest absolute Gasteiger partial charge is 0.321 e. The summed E-state index contributed by atoms with van der Waals surface area (Å²) in [6.45, 7) is 7.72. The second-order valence-corrected chi connectivity index (χ2v) is 5.14. The van der Waals surface area contributed by atoms with Crippen molar-refractivity contribution in [3.63, 3.8) is 0 Å². The number of anilines is 1. The predicted octanol–water partition coefficient (Wildman–Crippen LogP) is 2.43. The van der Waals surface area contributed by atoms with Crippen molar-refractivity contribution in [3.05, 3.63) is 30.3 Å². The molecule has 0 fully saturated rings. The number of likely N-dealkylation sites (N-methyl/N-ethyl adjacent to an activating group) is 1. The number of para-hydroxylation sites is 1. The Morgan fingerprint density at radius 3 is 2.26 bits per heavy atom. The molecule has 1 rings (SSSR count). The van der Waals surface area contributed by atoms with Crippen LogP contribution in [-0.2, 0) is 9.53 Å². The van der Waals surface area contributed by atoms with Gasteiger partial charge in [0.15, 0.2) is 0 Å². The molecule has 1 N–H and O–H groups in total. The lowest BCUT2D eigenvalue weighted by atomic mass is 10.3. The van der Waals surface area contributed by atoms with Gasteiger partial charge in [0.2, 0.25) is 0 Å². The summed E-state index contributed by atoms with van der Waals surface area (Å²) in [7, 11) is 1.35. The number of esters is 1. The highest BCUT2D eigenvalue weighted by Crippen LogP contribution is 2.07. The molecule has 0 bridgehead atoms. The number of hydrogen-bond donors (Lipinski definition) is 1. The van der Waals surface area contributed by atoms with Crippen LogP contribution in [0.15, 0.2) is 30.3 Å². The minimum Gasteiger partial charge on any atom is -0.469 e. The van der Waals surface area contributed by atoms with E-state index >= 15 is 0 Å². The molecule has 0 aliphatic rings. The van der Waals surface area contributed by atoms with Gasteiger partial charge in [0.1, 0.15) is 0 Å². The molecule has 23 heavy (non-hydrogen) atoms. The summed E-state index contributed by atoms with van der Waals surface area (Å²) in [5, 5.41) is 2.86. The Labute approximate surface area is 138 Å². The summed E-state index contributed by atoms with van der Waals surface area (Å²) in [5.41, 5.74) is 0.739. The van der Waals surface area contributed by atoms with Gasteiger partial charge in [-0.15, -0.1) is 0 Å². The molecule has 2 amide bonds. The first kappa shape index (κ1) is 19.0.